The number of benzene rings is 2. The Labute approximate surface area is 251 Å². The lowest BCUT2D eigenvalue weighted by molar-refractivity contribution is -0.119. The van der Waals surface area contributed by atoms with Crippen molar-refractivity contribution >= 4 is 49.9 Å². The van der Waals surface area contributed by atoms with Gasteiger partial charge in [-0.3, -0.25) is 4.79 Å². The highest BCUT2D eigenvalue weighted by atomic mass is 79.9. The third-order valence-corrected chi connectivity index (χ3v) is 8.88. The molecule has 0 radical (unpaired) electrons. The fourth-order valence-corrected chi connectivity index (χ4v) is 6.47. The first-order valence-electron chi connectivity index (χ1n) is 14.1. The Morgan fingerprint density at radius 2 is 2.00 bits per heavy atom. The van der Waals surface area contributed by atoms with E-state index in [1.54, 1.807) is 26.3 Å². The van der Waals surface area contributed by atoms with Gasteiger partial charge >= 0.3 is 5.97 Å². The number of aromatic carboxylic acids is 1. The van der Waals surface area contributed by atoms with Gasteiger partial charge in [0, 0.05) is 48.0 Å². The summed E-state index contributed by atoms with van der Waals surface area (Å²) in [6, 6.07) is 15.9. The Morgan fingerprint density at radius 1 is 1.17 bits per heavy atom. The number of hydrogen-bond acceptors (Lipinski definition) is 5. The SMILES string of the molecule is COc1cc(C(=O)O)c(C)c2nc(-c3cc4cccnc4n3CCCCc3ccccc3Br)n(CC3CNC(=O)C3)c12. The van der Waals surface area contributed by atoms with E-state index < -0.39 is 5.97 Å². The van der Waals surface area contributed by atoms with E-state index in [1.165, 1.54) is 5.56 Å². The van der Waals surface area contributed by atoms with Crippen LogP contribution >= 0.6 is 15.9 Å². The van der Waals surface area contributed by atoms with Crippen LogP contribution in [-0.2, 0) is 24.3 Å². The molecule has 2 aromatic carbocycles. The molecule has 3 aromatic heterocycles. The molecule has 1 unspecified atom stereocenters. The van der Waals surface area contributed by atoms with Crippen LogP contribution in [0.4, 0.5) is 0 Å². The normalized spacial score (nSPS) is 15.0. The predicted octanol–water partition coefficient (Wildman–Crippen LogP) is 5.99. The van der Waals surface area contributed by atoms with Gasteiger partial charge in [-0.2, -0.15) is 0 Å². The first-order chi connectivity index (χ1) is 20.4. The zero-order valence-electron chi connectivity index (χ0n) is 23.6. The first-order valence-corrected chi connectivity index (χ1v) is 14.9. The van der Waals surface area contributed by atoms with Crippen LogP contribution in [0.25, 0.3) is 33.6 Å². The van der Waals surface area contributed by atoms with Crippen molar-refractivity contribution in [3.05, 3.63) is 75.9 Å². The number of carboxylic acid groups (broad SMARTS) is 1. The molecule has 4 heterocycles. The van der Waals surface area contributed by atoms with Gasteiger partial charge in [-0.15, -0.1) is 0 Å². The maximum Gasteiger partial charge on any atom is 0.336 e. The van der Waals surface area contributed by atoms with E-state index in [0.29, 0.717) is 42.2 Å². The van der Waals surface area contributed by atoms with Gasteiger partial charge in [0.2, 0.25) is 5.91 Å². The molecule has 1 fully saturated rings. The summed E-state index contributed by atoms with van der Waals surface area (Å²) < 4.78 is 11.2. The Kier molecular flexibility index (Phi) is 7.72. The topological polar surface area (TPSA) is 111 Å². The molecule has 1 saturated heterocycles. The lowest BCUT2D eigenvalue weighted by atomic mass is 10.1. The van der Waals surface area contributed by atoms with Gasteiger partial charge in [0.1, 0.15) is 16.9 Å². The van der Waals surface area contributed by atoms with Crippen LogP contribution in [0, 0.1) is 12.8 Å². The molecule has 216 valence electrons. The minimum absolute atomic E-state index is 0.0330. The second-order valence-corrected chi connectivity index (χ2v) is 11.7. The number of amides is 1. The summed E-state index contributed by atoms with van der Waals surface area (Å²) in [5, 5.41) is 13.8. The highest BCUT2D eigenvalue weighted by Crippen LogP contribution is 2.38. The van der Waals surface area contributed by atoms with Crippen molar-refractivity contribution in [2.75, 3.05) is 13.7 Å². The first kappa shape index (κ1) is 28.0. The third-order valence-electron chi connectivity index (χ3n) is 8.11. The van der Waals surface area contributed by atoms with Crippen LogP contribution in [0.2, 0.25) is 0 Å². The highest BCUT2D eigenvalue weighted by Gasteiger charge is 2.29. The smallest absolute Gasteiger partial charge is 0.336 e. The summed E-state index contributed by atoms with van der Waals surface area (Å²) in [6.45, 7) is 3.63. The Morgan fingerprint density at radius 3 is 2.74 bits per heavy atom. The monoisotopic (exact) mass is 629 g/mol. The minimum atomic E-state index is -1.03. The summed E-state index contributed by atoms with van der Waals surface area (Å²) in [5.74, 6) is 0.219. The molecule has 1 aliphatic heterocycles. The number of carbonyl (C=O) groups excluding carboxylic acids is 1. The molecule has 1 amide bonds. The molecule has 42 heavy (non-hydrogen) atoms. The van der Waals surface area contributed by atoms with Gasteiger partial charge in [-0.05, 0) is 67.6 Å². The Bertz CT molecular complexity index is 1830. The van der Waals surface area contributed by atoms with Gasteiger partial charge in [-0.25, -0.2) is 14.8 Å². The summed E-state index contributed by atoms with van der Waals surface area (Å²) in [6.07, 6.45) is 5.11. The molecule has 0 bridgehead atoms. The van der Waals surface area contributed by atoms with Crippen molar-refractivity contribution in [1.29, 1.82) is 0 Å². The molecule has 1 atom stereocenters. The number of aromatic nitrogens is 4. The van der Waals surface area contributed by atoms with Crippen molar-refractivity contribution < 1.29 is 19.4 Å². The lowest BCUT2D eigenvalue weighted by Crippen LogP contribution is -2.17. The number of unbranched alkanes of at least 4 members (excludes halogenated alkanes) is 1. The fraction of sp³-hybridized carbons (Fsp3) is 0.312. The number of nitrogens with one attached hydrogen (secondary N) is 1. The number of fused-ring (bicyclic) bond motifs is 2. The second kappa shape index (κ2) is 11.6. The average molecular weight is 631 g/mol. The predicted molar refractivity (Wildman–Crippen MR) is 165 cm³/mol. The number of aryl methyl sites for hydroxylation is 3. The van der Waals surface area contributed by atoms with Crippen molar-refractivity contribution in [3.63, 3.8) is 0 Å². The van der Waals surface area contributed by atoms with Crippen molar-refractivity contribution in [3.8, 4) is 17.3 Å². The number of halogens is 1. The minimum Gasteiger partial charge on any atom is -0.494 e. The molecule has 0 aliphatic carbocycles. The van der Waals surface area contributed by atoms with Crippen molar-refractivity contribution in [1.82, 2.24) is 24.4 Å². The van der Waals surface area contributed by atoms with E-state index in [2.05, 4.69) is 54.6 Å². The Hall–Kier alpha value is -4.18. The largest absolute Gasteiger partial charge is 0.494 e. The van der Waals surface area contributed by atoms with Crippen LogP contribution in [0.15, 0.2) is 59.2 Å². The molecule has 2 N–H and O–H groups in total. The molecule has 6 rings (SSSR count). The quantitative estimate of drug-likeness (QED) is 0.184. The van der Waals surface area contributed by atoms with Gasteiger partial charge in [0.05, 0.1) is 23.9 Å². The van der Waals surface area contributed by atoms with E-state index >= 15 is 0 Å². The van der Waals surface area contributed by atoms with Crippen LogP contribution < -0.4 is 10.1 Å². The summed E-state index contributed by atoms with van der Waals surface area (Å²) in [7, 11) is 1.54. The molecule has 0 saturated carbocycles. The number of carbonyl (C=O) groups is 2. The van der Waals surface area contributed by atoms with E-state index in [9.17, 15) is 14.7 Å². The fourth-order valence-electron chi connectivity index (χ4n) is 5.99. The second-order valence-electron chi connectivity index (χ2n) is 10.8. The molecule has 1 aliphatic rings. The van der Waals surface area contributed by atoms with Gasteiger partial charge < -0.3 is 24.3 Å². The molecule has 0 spiro atoms. The van der Waals surface area contributed by atoms with Crippen LogP contribution in [0.1, 0.15) is 40.7 Å². The number of hydrogen-bond donors (Lipinski definition) is 2. The summed E-state index contributed by atoms with van der Waals surface area (Å²) in [4.78, 5) is 34.0. The van der Waals surface area contributed by atoms with Gasteiger partial charge in [0.15, 0.2) is 5.82 Å². The molecule has 5 aromatic rings. The highest BCUT2D eigenvalue weighted by molar-refractivity contribution is 9.10. The number of imidazole rings is 1. The van der Waals surface area contributed by atoms with Crippen LogP contribution in [0.5, 0.6) is 5.75 Å². The van der Waals surface area contributed by atoms with E-state index in [4.69, 9.17) is 14.7 Å². The van der Waals surface area contributed by atoms with E-state index in [-0.39, 0.29) is 17.4 Å². The Balaban J connectivity index is 1.47. The van der Waals surface area contributed by atoms with E-state index in [1.807, 2.05) is 18.2 Å². The number of ether oxygens (including phenoxy) is 1. The van der Waals surface area contributed by atoms with Gasteiger partial charge in [0.25, 0.3) is 0 Å². The van der Waals surface area contributed by atoms with Crippen LogP contribution in [0.3, 0.4) is 0 Å². The maximum absolute atomic E-state index is 12.1. The number of pyridine rings is 1. The standard InChI is InChI=1S/C32H32BrN5O4/c1-19-23(32(40)41)16-26(42-2)29-28(19)36-31(38(29)18-20-14-27(39)35-17-20)25-15-22-10-7-12-34-30(22)37(25)13-6-5-9-21-8-3-4-11-24(21)33/h3-4,7-8,10-12,15-16,20H,5-6,9,13-14,17-18H2,1-2H3,(H,35,39)(H,40,41). The lowest BCUT2D eigenvalue weighted by Gasteiger charge is -2.17. The molecular weight excluding hydrogens is 598 g/mol. The average Bonchev–Trinajstić information content (AvgIpc) is 3.68. The number of nitrogens with zero attached hydrogens (tertiary/aromatic N) is 4. The number of carboxylic acids is 1. The van der Waals surface area contributed by atoms with Crippen LogP contribution in [-0.4, -0.2) is 49.7 Å². The summed E-state index contributed by atoms with van der Waals surface area (Å²) in [5.41, 5.74) is 5.10. The molecule has 9 nitrogen and oxygen atoms in total. The number of methoxy groups -OCH3 is 1. The maximum atomic E-state index is 12.1. The zero-order valence-corrected chi connectivity index (χ0v) is 25.1. The number of rotatable bonds is 10. The van der Waals surface area contributed by atoms with Crippen molar-refractivity contribution in [2.45, 2.75) is 45.7 Å². The third kappa shape index (κ3) is 5.15. The van der Waals surface area contributed by atoms with Gasteiger partial charge in [-0.1, -0.05) is 34.1 Å². The van der Waals surface area contributed by atoms with E-state index in [0.717, 1.165) is 52.5 Å². The molecular formula is C32H32BrN5O4. The van der Waals surface area contributed by atoms with Crippen molar-refractivity contribution in [2.24, 2.45) is 5.92 Å². The zero-order chi connectivity index (χ0) is 29.4. The molecule has 10 heteroatoms. The summed E-state index contributed by atoms with van der Waals surface area (Å²) >= 11 is 3.66.